The van der Waals surface area contributed by atoms with Gasteiger partial charge in [-0.15, -0.1) is 0 Å². The van der Waals surface area contributed by atoms with Crippen LogP contribution in [0.4, 0.5) is 0 Å². The second-order valence-electron chi connectivity index (χ2n) is 1.76. The first kappa shape index (κ1) is 10.7. The molecule has 4 heteroatoms. The van der Waals surface area contributed by atoms with Gasteiger partial charge in [0.2, 0.25) is 0 Å². The highest BCUT2D eigenvalue weighted by Gasteiger charge is 1.99. The molecule has 0 bridgehead atoms. The topological polar surface area (TPSA) is 35.2 Å². The third-order valence-electron chi connectivity index (χ3n) is 0.955. The van der Waals surface area contributed by atoms with Crippen LogP contribution in [0.1, 0.15) is 13.8 Å². The zero-order chi connectivity index (χ0) is 7.82. The summed E-state index contributed by atoms with van der Waals surface area (Å²) < 4.78 is 5.22. The van der Waals surface area contributed by atoms with E-state index in [2.05, 4.69) is 6.92 Å². The van der Waals surface area contributed by atoms with Gasteiger partial charge in [0.1, 0.15) is 0 Å². The van der Waals surface area contributed by atoms with Gasteiger partial charge in [-0.25, -0.2) is 0 Å². The Kier molecular flexibility index (Phi) is 8.35. The molecule has 0 saturated heterocycles. The molecule has 62 valence electrons. The van der Waals surface area contributed by atoms with E-state index < -0.39 is 8.30 Å². The Bertz CT molecular complexity index is 74.8. The molecule has 0 saturated carbocycles. The van der Waals surface area contributed by atoms with Crippen LogP contribution >= 0.6 is 20.1 Å². The van der Waals surface area contributed by atoms with E-state index in [0.29, 0.717) is 0 Å². The monoisotopic (exact) mass is 181 g/mol. The van der Waals surface area contributed by atoms with Crippen LogP contribution in [-0.2, 0) is 4.52 Å². The Hall–Kier alpha value is 0.700. The fourth-order valence-electron chi connectivity index (χ4n) is 0.529. The molecule has 0 aliphatic rings. The van der Waals surface area contributed by atoms with Gasteiger partial charge in [0, 0.05) is 18.5 Å². The van der Waals surface area contributed by atoms with Crippen molar-refractivity contribution in [3.8, 4) is 0 Å². The van der Waals surface area contributed by atoms with E-state index in [9.17, 15) is 0 Å². The Labute approximate surface area is 68.8 Å². The number of thioether (sulfide) groups is 1. The molecule has 0 aliphatic carbocycles. The lowest BCUT2D eigenvalue weighted by molar-refractivity contribution is 0.378. The first-order valence-electron chi connectivity index (χ1n) is 3.54. The molecule has 0 heterocycles. The first-order chi connectivity index (χ1) is 4.81. The molecule has 10 heavy (non-hydrogen) atoms. The zero-order valence-corrected chi connectivity index (χ0v) is 8.38. The molecular formula is C6H16NOPS. The fourth-order valence-corrected chi connectivity index (χ4v) is 2.51. The molecule has 1 atom stereocenters. The normalized spacial score (nSPS) is 13.5. The molecule has 0 amide bonds. The van der Waals surface area contributed by atoms with Gasteiger partial charge in [-0.1, -0.05) is 6.92 Å². The van der Waals surface area contributed by atoms with Gasteiger partial charge in [0.05, 0.1) is 8.30 Å². The SMILES string of the molecule is CCOP(N)CCSCC. The van der Waals surface area contributed by atoms with Crippen molar-refractivity contribution in [3.63, 3.8) is 0 Å². The highest BCUT2D eigenvalue weighted by Crippen LogP contribution is 2.26. The summed E-state index contributed by atoms with van der Waals surface area (Å²) in [6.07, 6.45) is 1.03. The Balaban J connectivity index is 2.97. The van der Waals surface area contributed by atoms with E-state index in [1.54, 1.807) is 0 Å². The maximum Gasteiger partial charge on any atom is 0.0991 e. The first-order valence-corrected chi connectivity index (χ1v) is 6.21. The summed E-state index contributed by atoms with van der Waals surface area (Å²) in [5.74, 6) is 2.31. The number of nitrogens with two attached hydrogens (primary N) is 1. The summed E-state index contributed by atoms with van der Waals surface area (Å²) in [6, 6.07) is 0. The minimum atomic E-state index is -0.613. The minimum Gasteiger partial charge on any atom is -0.344 e. The van der Waals surface area contributed by atoms with Crippen LogP contribution in [0.2, 0.25) is 0 Å². The van der Waals surface area contributed by atoms with E-state index in [-0.39, 0.29) is 0 Å². The molecule has 0 fully saturated rings. The second-order valence-corrected chi connectivity index (χ2v) is 4.69. The predicted octanol–water partition coefficient (Wildman–Crippen LogP) is 2.05. The number of hydrogen-bond acceptors (Lipinski definition) is 3. The van der Waals surface area contributed by atoms with Crippen LogP contribution in [0.15, 0.2) is 0 Å². The average molecular weight is 181 g/mol. The molecule has 2 N–H and O–H groups in total. The number of rotatable bonds is 6. The molecule has 0 rings (SSSR count). The van der Waals surface area contributed by atoms with Crippen LogP contribution in [-0.4, -0.2) is 24.3 Å². The minimum absolute atomic E-state index is 0.613. The standard InChI is InChI=1S/C6H16NOPS/c1-3-8-9(7)5-6-10-4-2/h3-7H2,1-2H3. The third kappa shape index (κ3) is 6.81. The summed E-state index contributed by atoms with van der Waals surface area (Å²) in [5.41, 5.74) is 5.65. The zero-order valence-electron chi connectivity index (χ0n) is 6.67. The molecule has 0 aliphatic heterocycles. The van der Waals surface area contributed by atoms with Gasteiger partial charge in [-0.2, -0.15) is 11.8 Å². The van der Waals surface area contributed by atoms with Gasteiger partial charge in [-0.05, 0) is 12.7 Å². The van der Waals surface area contributed by atoms with Gasteiger partial charge in [0.15, 0.2) is 0 Å². The van der Waals surface area contributed by atoms with Crippen molar-refractivity contribution in [1.29, 1.82) is 0 Å². The summed E-state index contributed by atoms with van der Waals surface area (Å²) in [4.78, 5) is 0. The van der Waals surface area contributed by atoms with Crippen molar-refractivity contribution >= 4 is 20.1 Å². The molecular weight excluding hydrogens is 165 g/mol. The van der Waals surface area contributed by atoms with E-state index in [1.165, 1.54) is 5.75 Å². The van der Waals surface area contributed by atoms with Crippen molar-refractivity contribution in [2.24, 2.45) is 5.50 Å². The quantitative estimate of drug-likeness (QED) is 0.503. The maximum atomic E-state index is 5.65. The highest BCUT2D eigenvalue weighted by atomic mass is 32.2. The molecule has 1 unspecified atom stereocenters. The third-order valence-corrected chi connectivity index (χ3v) is 3.41. The van der Waals surface area contributed by atoms with Crippen molar-refractivity contribution in [1.82, 2.24) is 0 Å². The van der Waals surface area contributed by atoms with Crippen molar-refractivity contribution in [3.05, 3.63) is 0 Å². The van der Waals surface area contributed by atoms with Crippen molar-refractivity contribution in [2.45, 2.75) is 13.8 Å². The van der Waals surface area contributed by atoms with E-state index in [0.717, 1.165) is 18.5 Å². The summed E-state index contributed by atoms with van der Waals surface area (Å²) in [6.45, 7) is 4.89. The molecule has 0 radical (unpaired) electrons. The Morgan fingerprint density at radius 2 is 2.20 bits per heavy atom. The maximum absolute atomic E-state index is 5.65. The van der Waals surface area contributed by atoms with Gasteiger partial charge < -0.3 is 4.52 Å². The van der Waals surface area contributed by atoms with Crippen LogP contribution in [0, 0.1) is 0 Å². The molecule has 0 aromatic rings. The molecule has 0 aromatic carbocycles. The Morgan fingerprint density at radius 3 is 2.70 bits per heavy atom. The predicted molar refractivity (Wildman–Crippen MR) is 50.6 cm³/mol. The van der Waals surface area contributed by atoms with Gasteiger partial charge >= 0.3 is 0 Å². The van der Waals surface area contributed by atoms with E-state index in [4.69, 9.17) is 10.0 Å². The molecule has 0 spiro atoms. The summed E-state index contributed by atoms with van der Waals surface area (Å²) >= 11 is 1.92. The van der Waals surface area contributed by atoms with Gasteiger partial charge in [-0.3, -0.25) is 5.50 Å². The lowest BCUT2D eigenvalue weighted by Crippen LogP contribution is -2.00. The smallest absolute Gasteiger partial charge is 0.0991 e. The van der Waals surface area contributed by atoms with Crippen LogP contribution in [0.5, 0.6) is 0 Å². The highest BCUT2D eigenvalue weighted by molar-refractivity contribution is 7.99. The average Bonchev–Trinajstić information content (AvgIpc) is 1.89. The summed E-state index contributed by atoms with van der Waals surface area (Å²) in [7, 11) is -0.613. The van der Waals surface area contributed by atoms with E-state index >= 15 is 0 Å². The Morgan fingerprint density at radius 1 is 1.50 bits per heavy atom. The largest absolute Gasteiger partial charge is 0.344 e. The second kappa shape index (κ2) is 7.80. The van der Waals surface area contributed by atoms with Crippen LogP contribution in [0.25, 0.3) is 0 Å². The van der Waals surface area contributed by atoms with Gasteiger partial charge in [0.25, 0.3) is 0 Å². The van der Waals surface area contributed by atoms with Crippen molar-refractivity contribution in [2.75, 3.05) is 24.3 Å². The molecule has 2 nitrogen and oxygen atoms in total. The van der Waals surface area contributed by atoms with Crippen LogP contribution in [0.3, 0.4) is 0 Å². The van der Waals surface area contributed by atoms with Crippen molar-refractivity contribution < 1.29 is 4.52 Å². The molecule has 0 aromatic heterocycles. The van der Waals surface area contributed by atoms with E-state index in [1.807, 2.05) is 18.7 Å². The summed E-state index contributed by atoms with van der Waals surface area (Å²) in [5, 5.41) is 0. The lowest BCUT2D eigenvalue weighted by Gasteiger charge is -2.08. The van der Waals surface area contributed by atoms with Crippen LogP contribution < -0.4 is 5.50 Å². The number of hydrogen-bond donors (Lipinski definition) is 1. The lowest BCUT2D eigenvalue weighted by atomic mass is 10.9. The fraction of sp³-hybridized carbons (Fsp3) is 1.00.